The van der Waals surface area contributed by atoms with Crippen LogP contribution in [0.1, 0.15) is 51.4 Å². The van der Waals surface area contributed by atoms with Crippen molar-refractivity contribution in [2.45, 2.75) is 75.7 Å². The van der Waals surface area contributed by atoms with E-state index in [2.05, 4.69) is 38.0 Å². The fourth-order valence-electron chi connectivity index (χ4n) is 3.15. The minimum atomic E-state index is -0.0174. The summed E-state index contributed by atoms with van der Waals surface area (Å²) < 4.78 is 0. The SMILES string of the molecule is CN(C)C1CCC(O)CC1.CN(C)C1CCC(O)CC1.Cl.Cl. The van der Waals surface area contributed by atoms with Crippen molar-refractivity contribution in [3.8, 4) is 0 Å². The molecule has 2 N–H and O–H groups in total. The first kappa shape index (κ1) is 24.7. The molecule has 0 saturated heterocycles. The molecule has 2 aliphatic carbocycles. The molecule has 0 radical (unpaired) electrons. The molecular formula is C16H36Cl2N2O2. The quantitative estimate of drug-likeness (QED) is 0.796. The van der Waals surface area contributed by atoms with Crippen molar-refractivity contribution in [2.75, 3.05) is 28.2 Å². The summed E-state index contributed by atoms with van der Waals surface area (Å²) in [7, 11) is 8.45. The molecule has 0 aromatic carbocycles. The summed E-state index contributed by atoms with van der Waals surface area (Å²) in [5.74, 6) is 0. The van der Waals surface area contributed by atoms with Crippen LogP contribution in [-0.4, -0.2) is 72.5 Å². The van der Waals surface area contributed by atoms with Gasteiger partial charge in [-0.3, -0.25) is 0 Å². The highest BCUT2D eigenvalue weighted by Crippen LogP contribution is 2.21. The van der Waals surface area contributed by atoms with Gasteiger partial charge in [-0.2, -0.15) is 0 Å². The predicted molar refractivity (Wildman–Crippen MR) is 98.4 cm³/mol. The summed E-state index contributed by atoms with van der Waals surface area (Å²) >= 11 is 0. The van der Waals surface area contributed by atoms with E-state index < -0.39 is 0 Å². The molecule has 0 atom stereocenters. The average Bonchev–Trinajstić information content (AvgIpc) is 2.40. The Morgan fingerprint density at radius 1 is 0.545 bits per heavy atom. The maximum Gasteiger partial charge on any atom is 0.0541 e. The second kappa shape index (κ2) is 12.8. The lowest BCUT2D eigenvalue weighted by Crippen LogP contribution is -2.33. The monoisotopic (exact) mass is 358 g/mol. The van der Waals surface area contributed by atoms with Gasteiger partial charge in [-0.1, -0.05) is 0 Å². The first-order chi connectivity index (χ1) is 9.40. The van der Waals surface area contributed by atoms with Crippen molar-refractivity contribution in [3.05, 3.63) is 0 Å². The van der Waals surface area contributed by atoms with Crippen LogP contribution in [0.25, 0.3) is 0 Å². The highest BCUT2D eigenvalue weighted by molar-refractivity contribution is 5.85. The summed E-state index contributed by atoms with van der Waals surface area (Å²) in [4.78, 5) is 4.51. The van der Waals surface area contributed by atoms with E-state index in [0.717, 1.165) is 51.4 Å². The van der Waals surface area contributed by atoms with E-state index >= 15 is 0 Å². The second-order valence-electron chi connectivity index (χ2n) is 6.85. The molecule has 2 saturated carbocycles. The Hall–Kier alpha value is 0.420. The molecule has 0 spiro atoms. The molecule has 4 nitrogen and oxygen atoms in total. The Labute approximate surface area is 149 Å². The lowest BCUT2D eigenvalue weighted by atomic mass is 9.93. The first-order valence-electron chi connectivity index (χ1n) is 8.09. The van der Waals surface area contributed by atoms with Crippen LogP contribution in [-0.2, 0) is 0 Å². The molecule has 0 heterocycles. The second-order valence-corrected chi connectivity index (χ2v) is 6.85. The molecule has 0 amide bonds. The third-order valence-electron chi connectivity index (χ3n) is 4.79. The van der Waals surface area contributed by atoms with Gasteiger partial charge < -0.3 is 20.0 Å². The predicted octanol–water partition coefficient (Wildman–Crippen LogP) is 2.55. The van der Waals surface area contributed by atoms with Gasteiger partial charge in [0.05, 0.1) is 12.2 Å². The zero-order valence-electron chi connectivity index (χ0n) is 14.6. The maximum absolute atomic E-state index is 9.19. The Morgan fingerprint density at radius 2 is 0.773 bits per heavy atom. The Bertz CT molecular complexity index is 227. The van der Waals surface area contributed by atoms with Crippen LogP contribution in [0.5, 0.6) is 0 Å². The van der Waals surface area contributed by atoms with Gasteiger partial charge in [-0.05, 0) is 79.6 Å². The Morgan fingerprint density at radius 3 is 0.955 bits per heavy atom. The van der Waals surface area contributed by atoms with E-state index in [1.54, 1.807) is 0 Å². The summed E-state index contributed by atoms with van der Waals surface area (Å²) in [5, 5.41) is 18.4. The van der Waals surface area contributed by atoms with Crippen molar-refractivity contribution in [2.24, 2.45) is 0 Å². The molecule has 6 heteroatoms. The van der Waals surface area contributed by atoms with Gasteiger partial charge >= 0.3 is 0 Å². The van der Waals surface area contributed by atoms with E-state index in [9.17, 15) is 10.2 Å². The lowest BCUT2D eigenvalue weighted by Gasteiger charge is -2.30. The summed E-state index contributed by atoms with van der Waals surface area (Å²) in [6.07, 6.45) is 8.56. The number of hydrogen-bond acceptors (Lipinski definition) is 4. The highest BCUT2D eigenvalue weighted by atomic mass is 35.5. The highest BCUT2D eigenvalue weighted by Gasteiger charge is 2.20. The Balaban J connectivity index is 0. The van der Waals surface area contributed by atoms with Crippen LogP contribution in [0.4, 0.5) is 0 Å². The van der Waals surface area contributed by atoms with Crippen molar-refractivity contribution in [1.82, 2.24) is 9.80 Å². The molecular weight excluding hydrogens is 323 g/mol. The van der Waals surface area contributed by atoms with E-state index in [1.807, 2.05) is 0 Å². The van der Waals surface area contributed by atoms with Gasteiger partial charge in [0.2, 0.25) is 0 Å². The van der Waals surface area contributed by atoms with E-state index in [4.69, 9.17) is 0 Å². The van der Waals surface area contributed by atoms with Gasteiger partial charge in [0.15, 0.2) is 0 Å². The summed E-state index contributed by atoms with van der Waals surface area (Å²) in [5.41, 5.74) is 0. The van der Waals surface area contributed by atoms with Crippen LogP contribution >= 0.6 is 24.8 Å². The number of halogens is 2. The van der Waals surface area contributed by atoms with Crippen molar-refractivity contribution in [1.29, 1.82) is 0 Å². The molecule has 0 aromatic rings. The fraction of sp³-hybridized carbons (Fsp3) is 1.00. The zero-order valence-corrected chi connectivity index (χ0v) is 16.2. The molecule has 2 fully saturated rings. The summed E-state index contributed by atoms with van der Waals surface area (Å²) in [6, 6.07) is 1.42. The van der Waals surface area contributed by atoms with Crippen LogP contribution in [0, 0.1) is 0 Å². The van der Waals surface area contributed by atoms with Crippen LogP contribution < -0.4 is 0 Å². The van der Waals surface area contributed by atoms with Gasteiger partial charge in [-0.15, -0.1) is 24.8 Å². The smallest absolute Gasteiger partial charge is 0.0541 e. The topological polar surface area (TPSA) is 46.9 Å². The van der Waals surface area contributed by atoms with Crippen molar-refractivity contribution < 1.29 is 10.2 Å². The first-order valence-corrected chi connectivity index (χ1v) is 8.09. The molecule has 2 aliphatic rings. The zero-order chi connectivity index (χ0) is 15.1. The molecule has 136 valence electrons. The maximum atomic E-state index is 9.19. The number of aliphatic hydroxyl groups excluding tert-OH is 2. The molecule has 0 aromatic heterocycles. The largest absolute Gasteiger partial charge is 0.393 e. The van der Waals surface area contributed by atoms with Crippen LogP contribution in [0.2, 0.25) is 0 Å². The fourth-order valence-corrected chi connectivity index (χ4v) is 3.15. The van der Waals surface area contributed by atoms with Gasteiger partial charge in [0, 0.05) is 12.1 Å². The van der Waals surface area contributed by atoms with Gasteiger partial charge in [0.25, 0.3) is 0 Å². The summed E-state index contributed by atoms with van der Waals surface area (Å²) in [6.45, 7) is 0. The number of aliphatic hydroxyl groups is 2. The molecule has 0 bridgehead atoms. The number of rotatable bonds is 2. The minimum absolute atomic E-state index is 0. The lowest BCUT2D eigenvalue weighted by molar-refractivity contribution is 0.0924. The minimum Gasteiger partial charge on any atom is -0.393 e. The van der Waals surface area contributed by atoms with Crippen molar-refractivity contribution >= 4 is 24.8 Å². The number of nitrogens with zero attached hydrogens (tertiary/aromatic N) is 2. The number of hydrogen-bond donors (Lipinski definition) is 2. The van der Waals surface area contributed by atoms with Gasteiger partial charge in [-0.25, -0.2) is 0 Å². The standard InChI is InChI=1S/2C8H17NO.2ClH/c2*1-9(2)7-3-5-8(10)6-4-7;;/h2*7-8,10H,3-6H2,1-2H3;2*1H. The third kappa shape index (κ3) is 9.53. The Kier molecular flexibility index (Phi) is 14.3. The molecule has 0 aliphatic heterocycles. The van der Waals surface area contributed by atoms with Crippen LogP contribution in [0.3, 0.4) is 0 Å². The van der Waals surface area contributed by atoms with Gasteiger partial charge in [0.1, 0.15) is 0 Å². The average molecular weight is 359 g/mol. The van der Waals surface area contributed by atoms with E-state index in [-0.39, 0.29) is 37.0 Å². The molecule has 22 heavy (non-hydrogen) atoms. The van der Waals surface area contributed by atoms with E-state index in [1.165, 1.54) is 0 Å². The van der Waals surface area contributed by atoms with Crippen LogP contribution in [0.15, 0.2) is 0 Å². The molecule has 0 unspecified atom stereocenters. The third-order valence-corrected chi connectivity index (χ3v) is 4.79. The normalized spacial score (nSPS) is 31.6. The molecule has 2 rings (SSSR count). The van der Waals surface area contributed by atoms with Crippen molar-refractivity contribution in [3.63, 3.8) is 0 Å². The van der Waals surface area contributed by atoms with E-state index in [0.29, 0.717) is 12.1 Å².